The second kappa shape index (κ2) is 8.05. The lowest BCUT2D eigenvalue weighted by molar-refractivity contribution is -0.122. The monoisotopic (exact) mass is 409 g/mol. The maximum Gasteiger partial charge on any atom is 0.266 e. The zero-order valence-electron chi connectivity index (χ0n) is 15.5. The number of aliphatic imine (C=N–C) groups is 1. The molecule has 1 amide bonds. The summed E-state index contributed by atoms with van der Waals surface area (Å²) < 4.78 is 28.2. The molecule has 1 aliphatic heterocycles. The number of amidine groups is 1. The molecule has 1 fully saturated rings. The van der Waals surface area contributed by atoms with Crippen molar-refractivity contribution < 1.29 is 13.6 Å². The summed E-state index contributed by atoms with van der Waals surface area (Å²) in [4.78, 5) is 19.5. The third-order valence-electron chi connectivity index (χ3n) is 4.42. The van der Waals surface area contributed by atoms with E-state index in [0.29, 0.717) is 22.3 Å². The lowest BCUT2D eigenvalue weighted by atomic mass is 10.3. The summed E-state index contributed by atoms with van der Waals surface area (Å²) in [5.74, 6) is -0.772. The molecule has 146 valence electrons. The Labute approximate surface area is 171 Å². The van der Waals surface area contributed by atoms with E-state index < -0.39 is 0 Å². The molecule has 0 unspecified atom stereocenters. The van der Waals surface area contributed by atoms with Crippen molar-refractivity contribution in [3.8, 4) is 5.69 Å². The quantitative estimate of drug-likeness (QED) is 0.543. The van der Waals surface area contributed by atoms with Crippen molar-refractivity contribution in [3.05, 3.63) is 89.1 Å². The van der Waals surface area contributed by atoms with Crippen LogP contribution in [-0.4, -0.2) is 27.1 Å². The minimum absolute atomic E-state index is 0.134. The van der Waals surface area contributed by atoms with Crippen LogP contribution < -0.4 is 0 Å². The zero-order valence-corrected chi connectivity index (χ0v) is 16.4. The van der Waals surface area contributed by atoms with E-state index in [1.807, 2.05) is 29.8 Å². The summed E-state index contributed by atoms with van der Waals surface area (Å²) in [6.45, 7) is 2.35. The molecular weight excluding hydrogens is 392 g/mol. The molecule has 4 nitrogen and oxygen atoms in total. The SMILES string of the molecule is CCN1C(=O)/C(=C\c2cccn2-c2ccc(F)cc2)SC1=Nc1ccc(F)cc1. The van der Waals surface area contributed by atoms with Crippen LogP contribution in [0.4, 0.5) is 14.5 Å². The summed E-state index contributed by atoms with van der Waals surface area (Å²) in [6, 6.07) is 15.7. The number of thioether (sulfide) groups is 1. The van der Waals surface area contributed by atoms with Crippen molar-refractivity contribution in [1.29, 1.82) is 0 Å². The van der Waals surface area contributed by atoms with Gasteiger partial charge in [-0.3, -0.25) is 9.69 Å². The Balaban J connectivity index is 1.67. The summed E-state index contributed by atoms with van der Waals surface area (Å²) in [5, 5.41) is 0.551. The highest BCUT2D eigenvalue weighted by Crippen LogP contribution is 2.34. The van der Waals surface area contributed by atoms with E-state index in [2.05, 4.69) is 4.99 Å². The molecular formula is C22H17F2N3OS. The number of carbonyl (C=O) groups excluding carboxylic acids is 1. The minimum atomic E-state index is -0.335. The number of benzene rings is 2. The molecule has 0 atom stereocenters. The molecule has 4 rings (SSSR count). The largest absolute Gasteiger partial charge is 0.317 e. The summed E-state index contributed by atoms with van der Waals surface area (Å²) in [7, 11) is 0. The Hall–Kier alpha value is -3.19. The van der Waals surface area contributed by atoms with Gasteiger partial charge in [0.25, 0.3) is 5.91 Å². The zero-order chi connectivity index (χ0) is 20.4. The van der Waals surface area contributed by atoms with Crippen LogP contribution in [0.3, 0.4) is 0 Å². The second-order valence-electron chi connectivity index (χ2n) is 6.31. The molecule has 0 N–H and O–H groups in total. The van der Waals surface area contributed by atoms with E-state index in [-0.39, 0.29) is 17.5 Å². The van der Waals surface area contributed by atoms with E-state index in [1.165, 1.54) is 36.0 Å². The van der Waals surface area contributed by atoms with Crippen LogP contribution in [0.15, 0.2) is 76.8 Å². The lowest BCUT2D eigenvalue weighted by Crippen LogP contribution is -2.28. The van der Waals surface area contributed by atoms with E-state index in [9.17, 15) is 13.6 Å². The number of amides is 1. The normalized spacial score (nSPS) is 16.9. The van der Waals surface area contributed by atoms with Crippen molar-refractivity contribution >= 4 is 34.6 Å². The van der Waals surface area contributed by atoms with Gasteiger partial charge >= 0.3 is 0 Å². The van der Waals surface area contributed by atoms with Gasteiger partial charge in [-0.05, 0) is 85.4 Å². The average molecular weight is 409 g/mol. The van der Waals surface area contributed by atoms with E-state index in [4.69, 9.17) is 0 Å². The van der Waals surface area contributed by atoms with Crippen LogP contribution in [0.25, 0.3) is 11.8 Å². The Morgan fingerprint density at radius 1 is 1.00 bits per heavy atom. The third-order valence-corrected chi connectivity index (χ3v) is 5.43. The molecule has 0 bridgehead atoms. The Kier molecular flexibility index (Phi) is 5.31. The summed E-state index contributed by atoms with van der Waals surface area (Å²) in [6.07, 6.45) is 3.65. The third kappa shape index (κ3) is 4.00. The van der Waals surface area contributed by atoms with Gasteiger partial charge in [0.1, 0.15) is 11.6 Å². The molecule has 2 aromatic carbocycles. The molecule has 29 heavy (non-hydrogen) atoms. The van der Waals surface area contributed by atoms with E-state index in [1.54, 1.807) is 35.2 Å². The van der Waals surface area contributed by atoms with Crippen LogP contribution >= 0.6 is 11.8 Å². The molecule has 0 saturated carbocycles. The average Bonchev–Trinajstić information content (AvgIpc) is 3.29. The van der Waals surface area contributed by atoms with E-state index >= 15 is 0 Å². The maximum atomic E-state index is 13.2. The Bertz CT molecular complexity index is 1100. The number of hydrogen-bond acceptors (Lipinski definition) is 3. The predicted molar refractivity (Wildman–Crippen MR) is 112 cm³/mol. The molecule has 1 saturated heterocycles. The summed E-state index contributed by atoms with van der Waals surface area (Å²) in [5.41, 5.74) is 2.17. The molecule has 1 aliphatic rings. The molecule has 0 spiro atoms. The Morgan fingerprint density at radius 3 is 2.31 bits per heavy atom. The number of carbonyl (C=O) groups is 1. The van der Waals surface area contributed by atoms with Crippen molar-refractivity contribution in [2.45, 2.75) is 6.92 Å². The highest BCUT2D eigenvalue weighted by molar-refractivity contribution is 8.18. The van der Waals surface area contributed by atoms with Gasteiger partial charge in [0, 0.05) is 24.1 Å². The van der Waals surface area contributed by atoms with Crippen molar-refractivity contribution in [3.63, 3.8) is 0 Å². The second-order valence-corrected chi connectivity index (χ2v) is 7.32. The number of nitrogens with zero attached hydrogens (tertiary/aromatic N) is 3. The van der Waals surface area contributed by atoms with Gasteiger partial charge in [0.05, 0.1) is 10.6 Å². The molecule has 1 aromatic heterocycles. The van der Waals surface area contributed by atoms with Crippen molar-refractivity contribution in [2.75, 3.05) is 6.54 Å². The first kappa shape index (κ1) is 19.1. The number of rotatable bonds is 4. The van der Waals surface area contributed by atoms with Gasteiger partial charge in [-0.1, -0.05) is 0 Å². The molecule has 0 radical (unpaired) electrons. The van der Waals surface area contributed by atoms with Crippen LogP contribution in [0.5, 0.6) is 0 Å². The van der Waals surface area contributed by atoms with Gasteiger partial charge in [-0.25, -0.2) is 13.8 Å². The van der Waals surface area contributed by atoms with Crippen molar-refractivity contribution in [2.24, 2.45) is 4.99 Å². The lowest BCUT2D eigenvalue weighted by Gasteiger charge is -2.12. The van der Waals surface area contributed by atoms with Crippen LogP contribution in [0.1, 0.15) is 12.6 Å². The van der Waals surface area contributed by atoms with Crippen LogP contribution in [0.2, 0.25) is 0 Å². The van der Waals surface area contributed by atoms with Gasteiger partial charge in [-0.15, -0.1) is 0 Å². The smallest absolute Gasteiger partial charge is 0.266 e. The first-order chi connectivity index (χ1) is 14.0. The Morgan fingerprint density at radius 2 is 1.66 bits per heavy atom. The molecule has 2 heterocycles. The minimum Gasteiger partial charge on any atom is -0.317 e. The summed E-state index contributed by atoms with van der Waals surface area (Å²) >= 11 is 1.28. The molecule has 7 heteroatoms. The fourth-order valence-corrected chi connectivity index (χ4v) is 4.03. The standard InChI is InChI=1S/C22H17F2N3OS/c1-2-26-21(28)20(29-22(26)25-17-9-5-15(23)6-10-17)14-19-4-3-13-27(19)18-11-7-16(24)8-12-18/h3-14H,2H2,1H3/b20-14+,25-22?. The molecule has 0 aliphatic carbocycles. The maximum absolute atomic E-state index is 13.2. The number of hydrogen-bond donors (Lipinski definition) is 0. The van der Waals surface area contributed by atoms with E-state index in [0.717, 1.165) is 11.4 Å². The van der Waals surface area contributed by atoms with Gasteiger partial charge in [0.2, 0.25) is 0 Å². The van der Waals surface area contributed by atoms with Gasteiger partial charge in [0.15, 0.2) is 5.17 Å². The molecule has 3 aromatic rings. The first-order valence-electron chi connectivity index (χ1n) is 9.04. The number of likely N-dealkylation sites (N-methyl/N-ethyl adjacent to an activating group) is 1. The van der Waals surface area contributed by atoms with Crippen LogP contribution in [0, 0.1) is 11.6 Å². The van der Waals surface area contributed by atoms with Crippen LogP contribution in [-0.2, 0) is 4.79 Å². The van der Waals surface area contributed by atoms with Gasteiger partial charge in [-0.2, -0.15) is 0 Å². The topological polar surface area (TPSA) is 37.6 Å². The highest BCUT2D eigenvalue weighted by Gasteiger charge is 2.32. The predicted octanol–water partition coefficient (Wildman–Crippen LogP) is 5.38. The fraction of sp³-hybridized carbons (Fsp3) is 0.0909. The van der Waals surface area contributed by atoms with Crippen molar-refractivity contribution in [1.82, 2.24) is 9.47 Å². The number of aromatic nitrogens is 1. The highest BCUT2D eigenvalue weighted by atomic mass is 32.2. The fourth-order valence-electron chi connectivity index (χ4n) is 2.98. The van der Waals surface area contributed by atoms with Gasteiger partial charge < -0.3 is 4.57 Å². The first-order valence-corrected chi connectivity index (χ1v) is 9.86. The number of halogens is 2.